The number of hydrogen-bond donors (Lipinski definition) is 0. The summed E-state index contributed by atoms with van der Waals surface area (Å²) in [7, 11) is -36.0. The highest BCUT2D eigenvalue weighted by atomic mass is 32.1. The third-order valence-corrected chi connectivity index (χ3v) is 63.4. The summed E-state index contributed by atoms with van der Waals surface area (Å²) in [6, 6.07) is 4.38. The molecule has 0 aromatic carbocycles. The molecular formula is C34H92O13SSi14. The Labute approximate surface area is 399 Å². The molecule has 0 bridgehead atoms. The number of rotatable bonds is 27. The molecule has 0 saturated heterocycles. The standard InChI is InChI=1S/C34H92O13SSi14/c1-33-31-32-34(48-33)50(5,6)36-52(9,10)38-54(13,14)40-56(17,18)42-58(21,22)44-60(25,26)46-62(29,30)47-61(27,28)45-59(23,24)43-57(19,20)41-55(15,16)39-53(11,12)37-51(7,8)35-49(2,3)4/h31-32H,1-30H3. The molecular weight excluding hydrogens is 1040 g/mol. The van der Waals surface area contributed by atoms with Gasteiger partial charge in [-0.1, -0.05) is 0 Å². The van der Waals surface area contributed by atoms with E-state index in [4.69, 9.17) is 53.5 Å². The van der Waals surface area contributed by atoms with Crippen molar-refractivity contribution in [2.75, 3.05) is 0 Å². The topological polar surface area (TPSA) is 120 Å². The second kappa shape index (κ2) is 20.9. The molecule has 0 fully saturated rings. The lowest BCUT2D eigenvalue weighted by molar-refractivity contribution is 0.252. The lowest BCUT2D eigenvalue weighted by Gasteiger charge is -2.45. The molecule has 0 amide bonds. The Balaban J connectivity index is 2.95. The van der Waals surface area contributed by atoms with Gasteiger partial charge < -0.3 is 53.5 Å². The first kappa shape index (κ1) is 62.2. The molecule has 0 aliphatic carbocycles. The molecule has 1 aromatic rings. The van der Waals surface area contributed by atoms with Gasteiger partial charge in [0.15, 0.2) is 8.32 Å². The van der Waals surface area contributed by atoms with E-state index in [1.54, 1.807) is 0 Å². The highest BCUT2D eigenvalue weighted by Crippen LogP contribution is 2.32. The number of aryl methyl sites for hydroxylation is 1. The van der Waals surface area contributed by atoms with Crippen LogP contribution >= 0.6 is 11.3 Å². The van der Waals surface area contributed by atoms with Crippen molar-refractivity contribution in [1.82, 2.24) is 0 Å². The van der Waals surface area contributed by atoms with Crippen LogP contribution in [-0.4, -0.2) is 119 Å². The molecule has 1 rings (SSSR count). The summed E-state index contributed by atoms with van der Waals surface area (Å²) in [6.45, 7) is 63.2. The molecule has 0 N–H and O–H groups in total. The van der Waals surface area contributed by atoms with Crippen molar-refractivity contribution in [3.05, 3.63) is 17.0 Å². The van der Waals surface area contributed by atoms with E-state index >= 15 is 0 Å². The molecule has 1 aromatic heterocycles. The van der Waals surface area contributed by atoms with Gasteiger partial charge in [0.05, 0.1) is 0 Å². The van der Waals surface area contributed by atoms with Gasteiger partial charge in [0, 0.05) is 9.38 Å². The Bertz CT molecular complexity index is 1610. The van der Waals surface area contributed by atoms with E-state index < -0.39 is 119 Å². The highest BCUT2D eigenvalue weighted by molar-refractivity contribution is 7.26. The molecule has 0 saturated carbocycles. The molecule has 0 radical (unpaired) electrons. The van der Waals surface area contributed by atoms with Gasteiger partial charge in [0.1, 0.15) is 0 Å². The SMILES string of the molecule is Cc1ccc([Si](C)(C)O[Si](C)(C)O[Si](C)(C)O[Si](C)(C)O[Si](C)(C)O[Si](C)(C)O[Si](C)(C)O[Si](C)(C)O[Si](C)(C)O[Si](C)(C)O[Si](C)(C)O[Si](C)(C)O[Si](C)(C)O[Si](C)(C)C)s1. The Morgan fingerprint density at radius 2 is 0.435 bits per heavy atom. The van der Waals surface area contributed by atoms with E-state index in [0.29, 0.717) is 0 Å². The maximum absolute atomic E-state index is 6.88. The minimum atomic E-state index is -2.78. The fourth-order valence-corrected chi connectivity index (χ4v) is 81.7. The Hall–Kier alpha value is 2.22. The predicted octanol–water partition coefficient (Wildman–Crippen LogP) is 11.9. The van der Waals surface area contributed by atoms with Crippen molar-refractivity contribution < 1.29 is 53.5 Å². The van der Waals surface area contributed by atoms with E-state index in [1.807, 2.05) is 11.3 Å². The van der Waals surface area contributed by atoms with E-state index in [-0.39, 0.29) is 0 Å². The molecule has 368 valence electrons. The first-order valence-corrected chi connectivity index (χ1v) is 62.8. The number of thiophene rings is 1. The zero-order chi connectivity index (χ0) is 49.5. The zero-order valence-electron chi connectivity index (χ0n) is 44.9. The number of hydrogen-bond acceptors (Lipinski definition) is 14. The monoisotopic (exact) mass is 1130 g/mol. The maximum Gasteiger partial charge on any atom is 0.314 e. The van der Waals surface area contributed by atoms with Crippen molar-refractivity contribution in [1.29, 1.82) is 0 Å². The third-order valence-electron chi connectivity index (χ3n) is 7.79. The maximum atomic E-state index is 6.88. The summed E-state index contributed by atoms with van der Waals surface area (Å²) in [6.07, 6.45) is 0. The van der Waals surface area contributed by atoms with Crippen LogP contribution in [0.15, 0.2) is 12.1 Å². The van der Waals surface area contributed by atoms with Crippen LogP contribution in [0.2, 0.25) is 190 Å². The van der Waals surface area contributed by atoms with Gasteiger partial charge in [-0.05, 0) is 209 Å². The quantitative estimate of drug-likeness (QED) is 0.0778. The Kier molecular flexibility index (Phi) is 21.0. The van der Waals surface area contributed by atoms with Crippen LogP contribution in [0, 0.1) is 6.92 Å². The minimum Gasteiger partial charge on any atom is -0.437 e. The van der Waals surface area contributed by atoms with E-state index in [9.17, 15) is 0 Å². The van der Waals surface area contributed by atoms with Crippen LogP contribution in [-0.2, 0) is 53.5 Å². The smallest absolute Gasteiger partial charge is 0.314 e. The second-order valence-electron chi connectivity index (χ2n) is 23.2. The third kappa shape index (κ3) is 25.7. The summed E-state index contributed by atoms with van der Waals surface area (Å²) in [5, 5.41) is 0. The van der Waals surface area contributed by atoms with Gasteiger partial charge in [0.2, 0.25) is 8.32 Å². The Morgan fingerprint density at radius 1 is 0.258 bits per heavy atom. The van der Waals surface area contributed by atoms with Crippen molar-refractivity contribution >= 4 is 135 Å². The second-order valence-corrected chi connectivity index (χ2v) is 76.8. The van der Waals surface area contributed by atoms with Gasteiger partial charge in [-0.3, -0.25) is 0 Å². The largest absolute Gasteiger partial charge is 0.437 e. The van der Waals surface area contributed by atoms with Crippen molar-refractivity contribution in [3.8, 4) is 0 Å². The predicted molar refractivity (Wildman–Crippen MR) is 293 cm³/mol. The molecule has 0 atom stereocenters. The molecule has 1 heterocycles. The average molecular weight is 1130 g/mol. The molecule has 0 aliphatic heterocycles. The van der Waals surface area contributed by atoms with E-state index in [1.165, 1.54) is 9.38 Å². The van der Waals surface area contributed by atoms with Crippen LogP contribution in [0.3, 0.4) is 0 Å². The zero-order valence-corrected chi connectivity index (χ0v) is 59.7. The fourth-order valence-electron chi connectivity index (χ4n) is 8.92. The lowest BCUT2D eigenvalue weighted by atomic mass is 10.5. The van der Waals surface area contributed by atoms with Crippen LogP contribution in [0.4, 0.5) is 0 Å². The molecule has 0 aliphatic rings. The summed E-state index contributed by atoms with van der Waals surface area (Å²) < 4.78 is 89.7. The van der Waals surface area contributed by atoms with Gasteiger partial charge in [-0.2, -0.15) is 0 Å². The van der Waals surface area contributed by atoms with Crippen molar-refractivity contribution in [2.24, 2.45) is 0 Å². The summed E-state index contributed by atoms with van der Waals surface area (Å²) in [5.41, 5.74) is 0. The van der Waals surface area contributed by atoms with Gasteiger partial charge in [-0.25, -0.2) is 0 Å². The molecule has 28 heteroatoms. The van der Waals surface area contributed by atoms with Crippen LogP contribution in [0.1, 0.15) is 4.88 Å². The van der Waals surface area contributed by atoms with Crippen LogP contribution in [0.25, 0.3) is 0 Å². The van der Waals surface area contributed by atoms with Gasteiger partial charge in [0.25, 0.3) is 0 Å². The van der Waals surface area contributed by atoms with Crippen molar-refractivity contribution in [3.63, 3.8) is 0 Å². The van der Waals surface area contributed by atoms with Gasteiger partial charge >= 0.3 is 103 Å². The lowest BCUT2D eigenvalue weighted by Crippen LogP contribution is -2.63. The first-order chi connectivity index (χ1) is 26.7. The van der Waals surface area contributed by atoms with E-state index in [2.05, 4.69) is 209 Å². The van der Waals surface area contributed by atoms with Crippen LogP contribution < -0.4 is 4.50 Å². The first-order valence-electron chi connectivity index (χ1n) is 21.9. The minimum absolute atomic E-state index is 1.30. The molecule has 0 spiro atoms. The highest BCUT2D eigenvalue weighted by Gasteiger charge is 2.52. The Morgan fingerprint density at radius 3 is 0.597 bits per heavy atom. The summed E-state index contributed by atoms with van der Waals surface area (Å²) in [5.74, 6) is 0. The molecule has 62 heavy (non-hydrogen) atoms. The molecule has 13 nitrogen and oxygen atoms in total. The normalized spacial score (nSPS) is 15.8. The van der Waals surface area contributed by atoms with Crippen molar-refractivity contribution in [2.45, 2.75) is 197 Å². The van der Waals surface area contributed by atoms with Gasteiger partial charge in [-0.15, -0.1) is 11.3 Å². The van der Waals surface area contributed by atoms with Crippen LogP contribution in [0.5, 0.6) is 0 Å². The molecule has 0 unspecified atom stereocenters. The fraction of sp³-hybridized carbons (Fsp3) is 0.882. The summed E-state index contributed by atoms with van der Waals surface area (Å²) in [4.78, 5) is 1.30. The van der Waals surface area contributed by atoms with E-state index in [0.717, 1.165) is 0 Å². The average Bonchev–Trinajstić information content (AvgIpc) is 3.24. The summed E-state index contributed by atoms with van der Waals surface area (Å²) >= 11 is 1.82.